The van der Waals surface area contributed by atoms with E-state index in [1.807, 2.05) is 23.1 Å². The van der Waals surface area contributed by atoms with Crippen molar-refractivity contribution >= 4 is 5.82 Å². The van der Waals surface area contributed by atoms with Crippen LogP contribution in [0.25, 0.3) is 0 Å². The van der Waals surface area contributed by atoms with E-state index in [1.54, 1.807) is 0 Å². The third kappa shape index (κ3) is 5.04. The molecule has 1 saturated heterocycles. The Hall–Kier alpha value is -1.95. The Balaban J connectivity index is 1.47. The summed E-state index contributed by atoms with van der Waals surface area (Å²) in [6.45, 7) is 8.53. The van der Waals surface area contributed by atoms with Gasteiger partial charge in [-0.1, -0.05) is 6.92 Å². The second kappa shape index (κ2) is 9.12. The molecule has 26 heavy (non-hydrogen) atoms. The molecule has 1 fully saturated rings. The summed E-state index contributed by atoms with van der Waals surface area (Å²) in [5, 5.41) is 4.28. The zero-order valence-electron chi connectivity index (χ0n) is 16.4. The van der Waals surface area contributed by atoms with Crippen LogP contribution >= 0.6 is 0 Å². The van der Waals surface area contributed by atoms with Crippen LogP contribution in [0.3, 0.4) is 0 Å². The standard InChI is InChI=1S/C20H32N6/c1-4-7-19-22-17(2)16-20(23-19)25-14-8-18(9-15-25)24(3)11-6-13-26-12-5-10-21-26/h5,10,12,16,18H,4,6-9,11,13-15H2,1-3H3. The molecule has 6 nitrogen and oxygen atoms in total. The molecule has 0 unspecified atom stereocenters. The van der Waals surface area contributed by atoms with Gasteiger partial charge < -0.3 is 9.80 Å². The first-order valence-electron chi connectivity index (χ1n) is 9.93. The van der Waals surface area contributed by atoms with Crippen molar-refractivity contribution in [1.82, 2.24) is 24.6 Å². The Kier molecular flexibility index (Phi) is 6.61. The molecule has 0 aromatic carbocycles. The highest BCUT2D eigenvalue weighted by molar-refractivity contribution is 5.40. The van der Waals surface area contributed by atoms with Crippen molar-refractivity contribution in [2.45, 2.75) is 58.5 Å². The average molecular weight is 357 g/mol. The molecule has 1 aliphatic rings. The van der Waals surface area contributed by atoms with E-state index in [9.17, 15) is 0 Å². The molecule has 2 aromatic rings. The minimum absolute atomic E-state index is 0.668. The summed E-state index contributed by atoms with van der Waals surface area (Å²) in [5.74, 6) is 2.10. The van der Waals surface area contributed by atoms with Crippen molar-refractivity contribution in [3.05, 3.63) is 36.0 Å². The number of nitrogens with zero attached hydrogens (tertiary/aromatic N) is 6. The number of piperidine rings is 1. The van der Waals surface area contributed by atoms with E-state index < -0.39 is 0 Å². The molecule has 0 saturated carbocycles. The number of anilines is 1. The summed E-state index contributed by atoms with van der Waals surface area (Å²) in [6, 6.07) is 4.79. The van der Waals surface area contributed by atoms with Crippen molar-refractivity contribution in [3.8, 4) is 0 Å². The fourth-order valence-electron chi connectivity index (χ4n) is 3.74. The fraction of sp³-hybridized carbons (Fsp3) is 0.650. The fourth-order valence-corrected chi connectivity index (χ4v) is 3.74. The Morgan fingerprint density at radius 3 is 2.73 bits per heavy atom. The molecule has 2 aromatic heterocycles. The quantitative estimate of drug-likeness (QED) is 0.728. The van der Waals surface area contributed by atoms with Gasteiger partial charge in [0.15, 0.2) is 0 Å². The number of aryl methyl sites for hydroxylation is 3. The SMILES string of the molecule is CCCc1nc(C)cc(N2CCC(N(C)CCCn3cccn3)CC2)n1. The van der Waals surface area contributed by atoms with Gasteiger partial charge in [-0.25, -0.2) is 9.97 Å². The van der Waals surface area contributed by atoms with Gasteiger partial charge >= 0.3 is 0 Å². The highest BCUT2D eigenvalue weighted by atomic mass is 15.3. The predicted octanol–water partition coefficient (Wildman–Crippen LogP) is 2.92. The molecular weight excluding hydrogens is 324 g/mol. The highest BCUT2D eigenvalue weighted by Gasteiger charge is 2.23. The summed E-state index contributed by atoms with van der Waals surface area (Å²) < 4.78 is 2.02. The molecule has 3 rings (SSSR count). The Morgan fingerprint density at radius 1 is 1.23 bits per heavy atom. The van der Waals surface area contributed by atoms with Gasteiger partial charge in [0.2, 0.25) is 0 Å². The first kappa shape index (κ1) is 18.8. The van der Waals surface area contributed by atoms with E-state index in [-0.39, 0.29) is 0 Å². The normalized spacial score (nSPS) is 15.8. The third-order valence-electron chi connectivity index (χ3n) is 5.23. The van der Waals surface area contributed by atoms with Crippen LogP contribution in [0.2, 0.25) is 0 Å². The van der Waals surface area contributed by atoms with Crippen LogP contribution in [-0.2, 0) is 13.0 Å². The zero-order chi connectivity index (χ0) is 18.4. The van der Waals surface area contributed by atoms with Gasteiger partial charge in [0, 0.05) is 56.3 Å². The van der Waals surface area contributed by atoms with E-state index in [4.69, 9.17) is 4.98 Å². The van der Waals surface area contributed by atoms with Crippen LogP contribution in [0.5, 0.6) is 0 Å². The van der Waals surface area contributed by atoms with Crippen molar-refractivity contribution in [1.29, 1.82) is 0 Å². The van der Waals surface area contributed by atoms with Gasteiger partial charge in [0.1, 0.15) is 11.6 Å². The van der Waals surface area contributed by atoms with Crippen molar-refractivity contribution in [2.24, 2.45) is 0 Å². The molecule has 0 spiro atoms. The van der Waals surface area contributed by atoms with E-state index >= 15 is 0 Å². The molecular formula is C20H32N6. The summed E-state index contributed by atoms with van der Waals surface area (Å²) in [4.78, 5) is 14.3. The van der Waals surface area contributed by atoms with Gasteiger partial charge in [0.25, 0.3) is 0 Å². The Labute approximate surface area is 157 Å². The van der Waals surface area contributed by atoms with E-state index in [2.05, 4.69) is 46.8 Å². The molecule has 0 aliphatic carbocycles. The monoisotopic (exact) mass is 356 g/mol. The molecule has 0 N–H and O–H groups in total. The van der Waals surface area contributed by atoms with Gasteiger partial charge in [0.05, 0.1) is 0 Å². The number of rotatable bonds is 8. The van der Waals surface area contributed by atoms with Gasteiger partial charge in [-0.05, 0) is 52.3 Å². The summed E-state index contributed by atoms with van der Waals surface area (Å²) in [5.41, 5.74) is 1.08. The third-order valence-corrected chi connectivity index (χ3v) is 5.23. The van der Waals surface area contributed by atoms with Crippen LogP contribution in [0.15, 0.2) is 24.5 Å². The molecule has 0 atom stereocenters. The summed E-state index contributed by atoms with van der Waals surface area (Å²) >= 11 is 0. The lowest BCUT2D eigenvalue weighted by Crippen LogP contribution is -2.44. The maximum atomic E-state index is 4.79. The van der Waals surface area contributed by atoms with Gasteiger partial charge in [-0.3, -0.25) is 4.68 Å². The van der Waals surface area contributed by atoms with Gasteiger partial charge in [-0.15, -0.1) is 0 Å². The minimum Gasteiger partial charge on any atom is -0.356 e. The zero-order valence-corrected chi connectivity index (χ0v) is 16.4. The minimum atomic E-state index is 0.668. The van der Waals surface area contributed by atoms with E-state index in [0.717, 1.165) is 62.8 Å². The summed E-state index contributed by atoms with van der Waals surface area (Å²) in [6.07, 6.45) is 9.48. The maximum Gasteiger partial charge on any atom is 0.132 e. The molecule has 3 heterocycles. The van der Waals surface area contributed by atoms with Crippen LogP contribution in [0, 0.1) is 6.92 Å². The lowest BCUT2D eigenvalue weighted by atomic mass is 10.0. The van der Waals surface area contributed by atoms with Crippen LogP contribution in [0.4, 0.5) is 5.82 Å². The first-order valence-corrected chi connectivity index (χ1v) is 9.93. The molecule has 142 valence electrons. The molecule has 0 amide bonds. The van der Waals surface area contributed by atoms with Crippen LogP contribution in [-0.4, -0.2) is 57.4 Å². The molecule has 0 bridgehead atoms. The predicted molar refractivity (Wildman–Crippen MR) is 105 cm³/mol. The topological polar surface area (TPSA) is 50.1 Å². The van der Waals surface area contributed by atoms with E-state index in [1.165, 1.54) is 12.8 Å². The van der Waals surface area contributed by atoms with Crippen molar-refractivity contribution in [2.75, 3.05) is 31.6 Å². The largest absolute Gasteiger partial charge is 0.356 e. The number of hydrogen-bond donors (Lipinski definition) is 0. The average Bonchev–Trinajstić information content (AvgIpc) is 3.15. The lowest BCUT2D eigenvalue weighted by molar-refractivity contribution is 0.202. The second-order valence-electron chi connectivity index (χ2n) is 7.36. The first-order chi connectivity index (χ1) is 12.7. The van der Waals surface area contributed by atoms with Gasteiger partial charge in [-0.2, -0.15) is 5.10 Å². The Bertz CT molecular complexity index is 661. The molecule has 1 aliphatic heterocycles. The van der Waals surface area contributed by atoms with E-state index in [0.29, 0.717) is 6.04 Å². The molecule has 0 radical (unpaired) electrons. The smallest absolute Gasteiger partial charge is 0.132 e. The van der Waals surface area contributed by atoms with Crippen LogP contribution in [0.1, 0.15) is 44.1 Å². The maximum absolute atomic E-state index is 4.79. The molecule has 6 heteroatoms. The lowest BCUT2D eigenvalue weighted by Gasteiger charge is -2.37. The number of aromatic nitrogens is 4. The second-order valence-corrected chi connectivity index (χ2v) is 7.36. The van der Waals surface area contributed by atoms with Crippen molar-refractivity contribution < 1.29 is 0 Å². The number of hydrogen-bond acceptors (Lipinski definition) is 5. The highest BCUT2D eigenvalue weighted by Crippen LogP contribution is 2.21. The van der Waals surface area contributed by atoms with Crippen LogP contribution < -0.4 is 4.90 Å². The van der Waals surface area contributed by atoms with Crippen molar-refractivity contribution in [3.63, 3.8) is 0 Å². The Morgan fingerprint density at radius 2 is 2.04 bits per heavy atom. The summed E-state index contributed by atoms with van der Waals surface area (Å²) in [7, 11) is 2.26.